The highest BCUT2D eigenvalue weighted by Crippen LogP contribution is 2.22. The number of urea groups is 1. The quantitative estimate of drug-likeness (QED) is 0.622. The minimum absolute atomic E-state index is 0.145. The van der Waals surface area contributed by atoms with Gasteiger partial charge in [0.15, 0.2) is 0 Å². The fourth-order valence-electron chi connectivity index (χ4n) is 2.18. The molecular formula is C15H26N2O3S. The van der Waals surface area contributed by atoms with Crippen molar-refractivity contribution in [3.8, 4) is 0 Å². The van der Waals surface area contributed by atoms with E-state index < -0.39 is 11.7 Å². The van der Waals surface area contributed by atoms with Gasteiger partial charge in [-0.1, -0.05) is 13.8 Å². The molecule has 120 valence electrons. The normalized spacial score (nSPS) is 16.1. The van der Waals surface area contributed by atoms with Crippen LogP contribution in [0.2, 0.25) is 0 Å². The van der Waals surface area contributed by atoms with Crippen molar-refractivity contribution >= 4 is 17.4 Å². The lowest BCUT2D eigenvalue weighted by Crippen LogP contribution is -2.46. The van der Waals surface area contributed by atoms with Gasteiger partial charge in [0.05, 0.1) is 12.6 Å². The van der Waals surface area contributed by atoms with Crippen molar-refractivity contribution in [3.05, 3.63) is 22.4 Å². The third-order valence-electron chi connectivity index (χ3n) is 3.31. The zero-order valence-electron chi connectivity index (χ0n) is 13.1. The Morgan fingerprint density at radius 1 is 1.33 bits per heavy atom. The molecule has 4 N–H and O–H groups in total. The van der Waals surface area contributed by atoms with E-state index in [1.165, 1.54) is 11.3 Å². The molecule has 0 aromatic carbocycles. The Kier molecular flexibility index (Phi) is 6.19. The summed E-state index contributed by atoms with van der Waals surface area (Å²) in [4.78, 5) is 11.8. The summed E-state index contributed by atoms with van der Waals surface area (Å²) in [5.74, 6) is 0. The highest BCUT2D eigenvalue weighted by molar-refractivity contribution is 7.08. The molecule has 0 aliphatic heterocycles. The molecule has 0 saturated heterocycles. The second kappa shape index (κ2) is 7.24. The van der Waals surface area contributed by atoms with Crippen LogP contribution in [0.3, 0.4) is 0 Å². The lowest BCUT2D eigenvalue weighted by atomic mass is 9.87. The summed E-state index contributed by atoms with van der Waals surface area (Å²) in [5, 5.41) is 28.9. The van der Waals surface area contributed by atoms with Gasteiger partial charge in [-0.3, -0.25) is 0 Å². The van der Waals surface area contributed by atoms with Crippen molar-refractivity contribution in [1.29, 1.82) is 0 Å². The summed E-state index contributed by atoms with van der Waals surface area (Å²) in [6.07, 6.45) is 0.212. The molecule has 6 heteroatoms. The Balaban J connectivity index is 2.38. The van der Waals surface area contributed by atoms with Crippen LogP contribution < -0.4 is 10.6 Å². The number of rotatable bonds is 7. The highest BCUT2D eigenvalue weighted by Gasteiger charge is 2.25. The van der Waals surface area contributed by atoms with E-state index >= 15 is 0 Å². The van der Waals surface area contributed by atoms with Crippen molar-refractivity contribution in [2.24, 2.45) is 5.41 Å². The summed E-state index contributed by atoms with van der Waals surface area (Å²) in [6, 6.07) is 1.53. The first-order valence-electron chi connectivity index (χ1n) is 7.07. The van der Waals surface area contributed by atoms with E-state index in [1.807, 2.05) is 30.7 Å². The molecule has 0 fully saturated rings. The van der Waals surface area contributed by atoms with Crippen molar-refractivity contribution in [1.82, 2.24) is 10.6 Å². The molecule has 1 heterocycles. The van der Waals surface area contributed by atoms with Crippen LogP contribution in [-0.2, 0) is 5.60 Å². The second-order valence-electron chi connectivity index (χ2n) is 6.54. The van der Waals surface area contributed by atoms with Crippen LogP contribution in [-0.4, -0.2) is 35.4 Å². The largest absolute Gasteiger partial charge is 0.393 e. The molecule has 1 rings (SSSR count). The highest BCUT2D eigenvalue weighted by atomic mass is 32.1. The van der Waals surface area contributed by atoms with Gasteiger partial charge in [0.25, 0.3) is 0 Å². The van der Waals surface area contributed by atoms with E-state index in [1.54, 1.807) is 13.8 Å². The lowest BCUT2D eigenvalue weighted by Gasteiger charge is -2.27. The maximum atomic E-state index is 11.8. The number of carbonyl (C=O) groups is 1. The van der Waals surface area contributed by atoms with Gasteiger partial charge in [-0.15, -0.1) is 0 Å². The van der Waals surface area contributed by atoms with Gasteiger partial charge >= 0.3 is 6.03 Å². The molecule has 5 nitrogen and oxygen atoms in total. The summed E-state index contributed by atoms with van der Waals surface area (Å²) < 4.78 is 0. The van der Waals surface area contributed by atoms with Gasteiger partial charge in [-0.2, -0.15) is 11.3 Å². The number of nitrogens with one attached hydrogen (secondary N) is 2. The third kappa shape index (κ3) is 6.46. The minimum Gasteiger partial charge on any atom is -0.393 e. The molecule has 21 heavy (non-hydrogen) atoms. The van der Waals surface area contributed by atoms with Crippen LogP contribution >= 0.6 is 11.3 Å². The van der Waals surface area contributed by atoms with Crippen LogP contribution in [0.5, 0.6) is 0 Å². The summed E-state index contributed by atoms with van der Waals surface area (Å²) >= 11 is 1.51. The molecule has 0 aliphatic carbocycles. The monoisotopic (exact) mass is 314 g/mol. The van der Waals surface area contributed by atoms with Gasteiger partial charge in [0.2, 0.25) is 0 Å². The molecule has 2 amide bonds. The van der Waals surface area contributed by atoms with Gasteiger partial charge in [0, 0.05) is 6.54 Å². The van der Waals surface area contributed by atoms with Gasteiger partial charge in [-0.25, -0.2) is 4.79 Å². The molecule has 1 aromatic heterocycles. The molecular weight excluding hydrogens is 288 g/mol. The molecule has 0 spiro atoms. The Hall–Kier alpha value is -1.11. The maximum absolute atomic E-state index is 11.8. The average Bonchev–Trinajstić information content (AvgIpc) is 2.87. The van der Waals surface area contributed by atoms with Crippen LogP contribution in [0.1, 0.15) is 39.7 Å². The molecule has 0 bridgehead atoms. The number of hydrogen-bond donors (Lipinski definition) is 4. The number of hydrogen-bond acceptors (Lipinski definition) is 4. The van der Waals surface area contributed by atoms with Crippen molar-refractivity contribution < 1.29 is 15.0 Å². The molecule has 2 unspecified atom stereocenters. The molecule has 0 radical (unpaired) electrons. The van der Waals surface area contributed by atoms with Gasteiger partial charge in [-0.05, 0) is 48.1 Å². The molecule has 0 aliphatic rings. The van der Waals surface area contributed by atoms with Crippen LogP contribution in [0.25, 0.3) is 0 Å². The first kappa shape index (κ1) is 17.9. The van der Waals surface area contributed by atoms with Crippen LogP contribution in [0, 0.1) is 5.41 Å². The summed E-state index contributed by atoms with van der Waals surface area (Å²) in [5.41, 5.74) is -0.462. The van der Waals surface area contributed by atoms with Crippen LogP contribution in [0.4, 0.5) is 4.79 Å². The number of carbonyl (C=O) groups excluding carboxylic acids is 1. The van der Waals surface area contributed by atoms with Gasteiger partial charge in [0.1, 0.15) is 5.60 Å². The van der Waals surface area contributed by atoms with Crippen LogP contribution in [0.15, 0.2) is 16.8 Å². The SMILES string of the molecule is CC(O)CC(C)(C)CNC(=O)NCC(C)(O)c1ccsc1. The Morgan fingerprint density at radius 3 is 2.48 bits per heavy atom. The zero-order chi connectivity index (χ0) is 16.1. The summed E-state index contributed by atoms with van der Waals surface area (Å²) in [6.45, 7) is 7.99. The fraction of sp³-hybridized carbons (Fsp3) is 0.667. The first-order chi connectivity index (χ1) is 9.62. The third-order valence-corrected chi connectivity index (χ3v) is 3.99. The number of aliphatic hydroxyl groups is 2. The molecule has 1 aromatic rings. The fourth-order valence-corrected chi connectivity index (χ4v) is 2.96. The van der Waals surface area contributed by atoms with E-state index in [9.17, 15) is 15.0 Å². The van der Waals surface area contributed by atoms with E-state index in [4.69, 9.17) is 0 Å². The van der Waals surface area contributed by atoms with Crippen molar-refractivity contribution in [2.75, 3.05) is 13.1 Å². The van der Waals surface area contributed by atoms with Crippen molar-refractivity contribution in [2.45, 2.75) is 45.8 Å². The maximum Gasteiger partial charge on any atom is 0.314 e. The molecule has 2 atom stereocenters. The zero-order valence-corrected chi connectivity index (χ0v) is 14.0. The smallest absolute Gasteiger partial charge is 0.314 e. The Bertz CT molecular complexity index is 442. The van der Waals surface area contributed by atoms with E-state index in [2.05, 4.69) is 10.6 Å². The molecule has 0 saturated carbocycles. The first-order valence-corrected chi connectivity index (χ1v) is 8.01. The van der Waals surface area contributed by atoms with Gasteiger partial charge < -0.3 is 20.8 Å². The van der Waals surface area contributed by atoms with E-state index in [0.29, 0.717) is 13.0 Å². The second-order valence-corrected chi connectivity index (χ2v) is 7.32. The predicted octanol–water partition coefficient (Wildman–Crippen LogP) is 2.05. The van der Waals surface area contributed by atoms with E-state index in [-0.39, 0.29) is 18.0 Å². The van der Waals surface area contributed by atoms with Crippen molar-refractivity contribution in [3.63, 3.8) is 0 Å². The average molecular weight is 314 g/mol. The topological polar surface area (TPSA) is 81.6 Å². The predicted molar refractivity (Wildman–Crippen MR) is 85.4 cm³/mol. The lowest BCUT2D eigenvalue weighted by molar-refractivity contribution is 0.0596. The Morgan fingerprint density at radius 2 is 1.95 bits per heavy atom. The standard InChI is InChI=1S/C15H26N2O3S/c1-11(18)7-14(2,3)9-16-13(19)17-10-15(4,20)12-5-6-21-8-12/h5-6,8,11,18,20H,7,9-10H2,1-4H3,(H2,16,17,19). The summed E-state index contributed by atoms with van der Waals surface area (Å²) in [7, 11) is 0. The van der Waals surface area contributed by atoms with E-state index in [0.717, 1.165) is 5.56 Å². The number of thiophene rings is 1. The minimum atomic E-state index is -1.08. The number of aliphatic hydroxyl groups excluding tert-OH is 1. The number of amides is 2. The Labute approximate surface area is 130 Å².